The fraction of sp³-hybridized carbons (Fsp3) is 0.500. The average molecular weight is 263 g/mol. The fourth-order valence-corrected chi connectivity index (χ4v) is 1.75. The molecule has 0 aliphatic rings. The van der Waals surface area contributed by atoms with Gasteiger partial charge in [-0.1, -0.05) is 0 Å². The number of fused-ring (bicyclic) bond motifs is 1. The number of carbonyl (C=O) groups excluding carboxylic acids is 1. The van der Waals surface area contributed by atoms with Crippen LogP contribution < -0.4 is 5.73 Å². The van der Waals surface area contributed by atoms with Crippen LogP contribution in [0.3, 0.4) is 0 Å². The summed E-state index contributed by atoms with van der Waals surface area (Å²) in [5.74, 6) is 0.608. The molecule has 7 heteroatoms. The molecule has 2 N–H and O–H groups in total. The largest absolute Gasteiger partial charge is 0.459 e. The van der Waals surface area contributed by atoms with Gasteiger partial charge in [-0.3, -0.25) is 4.79 Å². The summed E-state index contributed by atoms with van der Waals surface area (Å²) >= 11 is 0. The van der Waals surface area contributed by atoms with Crippen LogP contribution in [-0.2, 0) is 16.1 Å². The summed E-state index contributed by atoms with van der Waals surface area (Å²) in [6, 6.07) is 0. The van der Waals surface area contributed by atoms with Crippen molar-refractivity contribution in [2.45, 2.75) is 39.8 Å². The SMILES string of the molecule is Cc1nc2c(N)ncnc2n1CC(=O)OC(C)(C)C. The lowest BCUT2D eigenvalue weighted by Crippen LogP contribution is -2.26. The first-order valence-electron chi connectivity index (χ1n) is 5.93. The Morgan fingerprint density at radius 1 is 1.42 bits per heavy atom. The minimum atomic E-state index is -0.518. The van der Waals surface area contributed by atoms with E-state index in [4.69, 9.17) is 10.5 Å². The first kappa shape index (κ1) is 13.3. The van der Waals surface area contributed by atoms with Crippen LogP contribution in [0.1, 0.15) is 26.6 Å². The number of rotatable bonds is 2. The lowest BCUT2D eigenvalue weighted by Gasteiger charge is -2.19. The summed E-state index contributed by atoms with van der Waals surface area (Å²) in [5.41, 5.74) is 6.25. The number of hydrogen-bond acceptors (Lipinski definition) is 6. The number of esters is 1. The molecule has 0 atom stereocenters. The zero-order chi connectivity index (χ0) is 14.2. The molecule has 0 aliphatic heterocycles. The minimum absolute atomic E-state index is 0.0516. The molecule has 0 radical (unpaired) electrons. The number of anilines is 1. The van der Waals surface area contributed by atoms with E-state index < -0.39 is 5.60 Å². The summed E-state index contributed by atoms with van der Waals surface area (Å²) in [6.45, 7) is 7.30. The van der Waals surface area contributed by atoms with Gasteiger partial charge in [-0.2, -0.15) is 0 Å². The normalized spacial score (nSPS) is 11.8. The van der Waals surface area contributed by atoms with Gasteiger partial charge in [-0.05, 0) is 27.7 Å². The quantitative estimate of drug-likeness (QED) is 0.814. The lowest BCUT2D eigenvalue weighted by atomic mass is 10.2. The molecule has 0 aliphatic carbocycles. The molecule has 2 aromatic heterocycles. The van der Waals surface area contributed by atoms with Gasteiger partial charge in [0.15, 0.2) is 17.0 Å². The van der Waals surface area contributed by atoms with Gasteiger partial charge in [-0.25, -0.2) is 15.0 Å². The number of nitrogens with zero attached hydrogens (tertiary/aromatic N) is 4. The standard InChI is InChI=1S/C12H17N5O2/c1-7-16-9-10(13)14-6-15-11(9)17(7)5-8(18)19-12(2,3)4/h6H,5H2,1-4H3,(H2,13,14,15). The molecule has 19 heavy (non-hydrogen) atoms. The Labute approximate surface area is 110 Å². The molecule has 2 rings (SSSR count). The van der Waals surface area contributed by atoms with Crippen LogP contribution in [0.5, 0.6) is 0 Å². The van der Waals surface area contributed by atoms with Gasteiger partial charge in [-0.15, -0.1) is 0 Å². The van der Waals surface area contributed by atoms with Gasteiger partial charge in [0.05, 0.1) is 0 Å². The van der Waals surface area contributed by atoms with Crippen LogP contribution in [0, 0.1) is 6.92 Å². The highest BCUT2D eigenvalue weighted by atomic mass is 16.6. The zero-order valence-corrected chi connectivity index (χ0v) is 11.5. The fourth-order valence-electron chi connectivity index (χ4n) is 1.75. The van der Waals surface area contributed by atoms with Crippen molar-refractivity contribution in [1.82, 2.24) is 19.5 Å². The van der Waals surface area contributed by atoms with Crippen LogP contribution in [0.4, 0.5) is 5.82 Å². The average Bonchev–Trinajstić information content (AvgIpc) is 2.55. The third-order valence-electron chi connectivity index (χ3n) is 2.46. The summed E-state index contributed by atoms with van der Waals surface area (Å²) in [4.78, 5) is 24.1. The van der Waals surface area contributed by atoms with Gasteiger partial charge < -0.3 is 15.0 Å². The maximum absolute atomic E-state index is 11.9. The smallest absolute Gasteiger partial charge is 0.326 e. The Balaban J connectivity index is 2.33. The second-order valence-electron chi connectivity index (χ2n) is 5.26. The second kappa shape index (κ2) is 4.49. The highest BCUT2D eigenvalue weighted by Crippen LogP contribution is 2.18. The Morgan fingerprint density at radius 2 is 2.11 bits per heavy atom. The molecular weight excluding hydrogens is 246 g/mol. The van der Waals surface area contributed by atoms with Crippen molar-refractivity contribution < 1.29 is 9.53 Å². The predicted molar refractivity (Wildman–Crippen MR) is 70.3 cm³/mol. The Kier molecular flexibility index (Phi) is 3.13. The van der Waals surface area contributed by atoms with Gasteiger partial charge in [0, 0.05) is 0 Å². The van der Waals surface area contributed by atoms with Gasteiger partial charge in [0.1, 0.15) is 24.3 Å². The van der Waals surface area contributed by atoms with Crippen molar-refractivity contribution in [3.63, 3.8) is 0 Å². The zero-order valence-electron chi connectivity index (χ0n) is 11.5. The molecule has 0 bridgehead atoms. The second-order valence-corrected chi connectivity index (χ2v) is 5.26. The molecule has 2 heterocycles. The van der Waals surface area contributed by atoms with Crippen LogP contribution in [0.25, 0.3) is 11.2 Å². The van der Waals surface area contributed by atoms with E-state index in [-0.39, 0.29) is 12.5 Å². The molecule has 0 unspecified atom stereocenters. The van der Waals surface area contributed by atoms with Crippen molar-refractivity contribution >= 4 is 23.0 Å². The van der Waals surface area contributed by atoms with Crippen molar-refractivity contribution in [3.8, 4) is 0 Å². The Hall–Kier alpha value is -2.18. The molecular formula is C12H17N5O2. The number of nitrogens with two attached hydrogens (primary N) is 1. The first-order chi connectivity index (χ1) is 8.78. The number of carbonyl (C=O) groups is 1. The van der Waals surface area contributed by atoms with Gasteiger partial charge >= 0.3 is 5.97 Å². The van der Waals surface area contributed by atoms with E-state index in [0.29, 0.717) is 22.8 Å². The van der Waals surface area contributed by atoms with Gasteiger partial charge in [0.25, 0.3) is 0 Å². The third-order valence-corrected chi connectivity index (χ3v) is 2.46. The van der Waals surface area contributed by atoms with E-state index in [1.54, 1.807) is 11.5 Å². The molecule has 0 amide bonds. The molecule has 7 nitrogen and oxygen atoms in total. The highest BCUT2D eigenvalue weighted by Gasteiger charge is 2.19. The van der Waals surface area contributed by atoms with Crippen molar-refractivity contribution in [1.29, 1.82) is 0 Å². The highest BCUT2D eigenvalue weighted by molar-refractivity contribution is 5.83. The molecule has 0 saturated heterocycles. The lowest BCUT2D eigenvalue weighted by molar-refractivity contribution is -0.155. The van der Waals surface area contributed by atoms with Crippen molar-refractivity contribution in [2.75, 3.05) is 5.73 Å². The van der Waals surface area contributed by atoms with Crippen LogP contribution >= 0.6 is 0 Å². The molecule has 2 aromatic rings. The van der Waals surface area contributed by atoms with Gasteiger partial charge in [0.2, 0.25) is 0 Å². The minimum Gasteiger partial charge on any atom is -0.459 e. The van der Waals surface area contributed by atoms with E-state index in [1.807, 2.05) is 20.8 Å². The predicted octanol–water partition coefficient (Wildman–Crippen LogP) is 1.06. The number of nitrogen functional groups attached to an aromatic ring is 1. The molecule has 102 valence electrons. The Morgan fingerprint density at radius 3 is 2.74 bits per heavy atom. The molecule has 0 spiro atoms. The summed E-state index contributed by atoms with van der Waals surface area (Å²) in [7, 11) is 0. The number of aromatic nitrogens is 4. The van der Waals surface area contributed by atoms with E-state index in [2.05, 4.69) is 15.0 Å². The van der Waals surface area contributed by atoms with Crippen LogP contribution in [0.2, 0.25) is 0 Å². The summed E-state index contributed by atoms with van der Waals surface area (Å²) < 4.78 is 6.95. The summed E-state index contributed by atoms with van der Waals surface area (Å²) in [5, 5.41) is 0. The molecule has 0 fully saturated rings. The van der Waals surface area contributed by atoms with Crippen molar-refractivity contribution in [3.05, 3.63) is 12.2 Å². The van der Waals surface area contributed by atoms with Crippen molar-refractivity contribution in [2.24, 2.45) is 0 Å². The topological polar surface area (TPSA) is 95.9 Å². The summed E-state index contributed by atoms with van der Waals surface area (Å²) in [6.07, 6.45) is 1.35. The maximum atomic E-state index is 11.9. The molecule has 0 saturated carbocycles. The van der Waals surface area contributed by atoms with Crippen LogP contribution in [0.15, 0.2) is 6.33 Å². The van der Waals surface area contributed by atoms with E-state index in [1.165, 1.54) is 6.33 Å². The maximum Gasteiger partial charge on any atom is 0.326 e. The number of hydrogen-bond donors (Lipinski definition) is 1. The Bertz CT molecular complexity index is 627. The monoisotopic (exact) mass is 263 g/mol. The van der Waals surface area contributed by atoms with E-state index in [0.717, 1.165) is 0 Å². The first-order valence-corrected chi connectivity index (χ1v) is 5.93. The van der Waals surface area contributed by atoms with E-state index in [9.17, 15) is 4.79 Å². The number of aryl methyl sites for hydroxylation is 1. The molecule has 0 aromatic carbocycles. The van der Waals surface area contributed by atoms with Crippen LogP contribution in [-0.4, -0.2) is 31.1 Å². The van der Waals surface area contributed by atoms with E-state index >= 15 is 0 Å². The third kappa shape index (κ3) is 2.81. The number of imidazole rings is 1. The number of ether oxygens (including phenoxy) is 1.